The standard InChI is InChI=1S/C18H17N3O2S/c1-12-10-15(20-23-12)16-6-3-8-21(16)18(22)14-5-2-4-13(11-14)17-19-7-9-24-17/h2,4-5,7,9-11,16H,3,6,8H2,1H3/t16-/m1/s1. The number of carbonyl (C=O) groups excluding carboxylic acids is 1. The van der Waals surface area contributed by atoms with Gasteiger partial charge in [0.05, 0.1) is 6.04 Å². The van der Waals surface area contributed by atoms with Gasteiger partial charge >= 0.3 is 0 Å². The Morgan fingerprint density at radius 1 is 1.38 bits per heavy atom. The van der Waals surface area contributed by atoms with Crippen molar-refractivity contribution in [3.8, 4) is 10.6 Å². The van der Waals surface area contributed by atoms with E-state index in [0.717, 1.165) is 41.4 Å². The number of aromatic nitrogens is 2. The predicted molar refractivity (Wildman–Crippen MR) is 91.8 cm³/mol. The summed E-state index contributed by atoms with van der Waals surface area (Å²) in [6.07, 6.45) is 3.68. The molecule has 2 aromatic heterocycles. The molecule has 1 aromatic carbocycles. The van der Waals surface area contributed by atoms with Crippen LogP contribution in [0.15, 0.2) is 46.4 Å². The normalized spacial score (nSPS) is 17.4. The van der Waals surface area contributed by atoms with Gasteiger partial charge in [0.2, 0.25) is 0 Å². The smallest absolute Gasteiger partial charge is 0.254 e. The predicted octanol–water partition coefficient (Wildman–Crippen LogP) is 4.08. The molecule has 0 saturated carbocycles. The number of rotatable bonds is 3. The summed E-state index contributed by atoms with van der Waals surface area (Å²) in [5.41, 5.74) is 2.51. The lowest BCUT2D eigenvalue weighted by Crippen LogP contribution is -2.30. The maximum atomic E-state index is 13.0. The third-order valence-electron chi connectivity index (χ3n) is 4.29. The molecule has 1 aliphatic heterocycles. The number of benzene rings is 1. The fourth-order valence-corrected chi connectivity index (χ4v) is 3.81. The molecular formula is C18H17N3O2S. The van der Waals surface area contributed by atoms with Crippen molar-refractivity contribution in [3.63, 3.8) is 0 Å². The number of likely N-dealkylation sites (tertiary alicyclic amines) is 1. The second-order valence-electron chi connectivity index (χ2n) is 5.94. The van der Waals surface area contributed by atoms with Crippen LogP contribution in [0.1, 0.15) is 40.7 Å². The van der Waals surface area contributed by atoms with Crippen molar-refractivity contribution >= 4 is 17.2 Å². The van der Waals surface area contributed by atoms with Crippen LogP contribution in [0.3, 0.4) is 0 Å². The lowest BCUT2D eigenvalue weighted by Gasteiger charge is -2.23. The summed E-state index contributed by atoms with van der Waals surface area (Å²) in [5, 5.41) is 6.97. The van der Waals surface area contributed by atoms with Crippen molar-refractivity contribution in [1.29, 1.82) is 0 Å². The highest BCUT2D eigenvalue weighted by molar-refractivity contribution is 7.13. The molecule has 4 rings (SSSR count). The van der Waals surface area contributed by atoms with Crippen LogP contribution in [0.5, 0.6) is 0 Å². The molecule has 122 valence electrons. The fourth-order valence-electron chi connectivity index (χ4n) is 3.18. The van der Waals surface area contributed by atoms with E-state index >= 15 is 0 Å². The van der Waals surface area contributed by atoms with Crippen LogP contribution in [0.4, 0.5) is 0 Å². The van der Waals surface area contributed by atoms with E-state index < -0.39 is 0 Å². The Morgan fingerprint density at radius 3 is 3.04 bits per heavy atom. The van der Waals surface area contributed by atoms with Crippen LogP contribution in [0, 0.1) is 6.92 Å². The number of nitrogens with zero attached hydrogens (tertiary/aromatic N) is 3. The number of carbonyl (C=O) groups is 1. The van der Waals surface area contributed by atoms with Crippen LogP contribution < -0.4 is 0 Å². The Labute approximate surface area is 143 Å². The van der Waals surface area contributed by atoms with Gasteiger partial charge in [-0.15, -0.1) is 11.3 Å². The zero-order chi connectivity index (χ0) is 16.5. The van der Waals surface area contributed by atoms with Crippen molar-refractivity contribution in [1.82, 2.24) is 15.0 Å². The molecule has 0 unspecified atom stereocenters. The summed E-state index contributed by atoms with van der Waals surface area (Å²) >= 11 is 1.57. The summed E-state index contributed by atoms with van der Waals surface area (Å²) in [4.78, 5) is 19.2. The van der Waals surface area contributed by atoms with Gasteiger partial charge in [0.1, 0.15) is 16.5 Å². The number of aryl methyl sites for hydroxylation is 1. The van der Waals surface area contributed by atoms with Gasteiger partial charge < -0.3 is 9.42 Å². The van der Waals surface area contributed by atoms with E-state index in [2.05, 4.69) is 10.1 Å². The van der Waals surface area contributed by atoms with Gasteiger partial charge in [-0.2, -0.15) is 0 Å². The molecule has 3 heterocycles. The SMILES string of the molecule is Cc1cc([C@H]2CCCN2C(=O)c2cccc(-c3nccs3)c2)no1. The van der Waals surface area contributed by atoms with E-state index in [1.165, 1.54) is 0 Å². The lowest BCUT2D eigenvalue weighted by molar-refractivity contribution is 0.0731. The molecule has 0 radical (unpaired) electrons. The van der Waals surface area contributed by atoms with Gasteiger partial charge in [-0.05, 0) is 31.9 Å². The molecular weight excluding hydrogens is 322 g/mol. The lowest BCUT2D eigenvalue weighted by atomic mass is 10.1. The first kappa shape index (κ1) is 15.1. The summed E-state index contributed by atoms with van der Waals surface area (Å²) in [7, 11) is 0. The Morgan fingerprint density at radius 2 is 2.29 bits per heavy atom. The van der Waals surface area contributed by atoms with Gasteiger partial charge in [0.15, 0.2) is 0 Å². The number of hydrogen-bond acceptors (Lipinski definition) is 5. The summed E-state index contributed by atoms with van der Waals surface area (Å²) in [6, 6.07) is 9.60. The molecule has 1 aliphatic rings. The zero-order valence-electron chi connectivity index (χ0n) is 13.3. The van der Waals surface area contributed by atoms with Crippen molar-refractivity contribution in [2.75, 3.05) is 6.54 Å². The monoisotopic (exact) mass is 339 g/mol. The van der Waals surface area contributed by atoms with E-state index in [9.17, 15) is 4.79 Å². The van der Waals surface area contributed by atoms with Crippen LogP contribution in [-0.4, -0.2) is 27.5 Å². The maximum absolute atomic E-state index is 13.0. The molecule has 1 fully saturated rings. The third kappa shape index (κ3) is 2.73. The average Bonchev–Trinajstić information content (AvgIpc) is 3.35. The van der Waals surface area contributed by atoms with Gasteiger partial charge in [-0.25, -0.2) is 4.98 Å². The molecule has 5 nitrogen and oxygen atoms in total. The van der Waals surface area contributed by atoms with Crippen molar-refractivity contribution in [2.24, 2.45) is 0 Å². The highest BCUT2D eigenvalue weighted by Gasteiger charge is 2.32. The minimum absolute atomic E-state index is 0.00142. The number of thiazole rings is 1. The summed E-state index contributed by atoms with van der Waals surface area (Å²) < 4.78 is 5.18. The van der Waals surface area contributed by atoms with Crippen molar-refractivity contribution < 1.29 is 9.32 Å². The third-order valence-corrected chi connectivity index (χ3v) is 5.11. The minimum atomic E-state index is -0.00142. The minimum Gasteiger partial charge on any atom is -0.361 e. The molecule has 1 amide bonds. The quantitative estimate of drug-likeness (QED) is 0.721. The van der Waals surface area contributed by atoms with Gasteiger partial charge in [-0.3, -0.25) is 4.79 Å². The summed E-state index contributed by atoms with van der Waals surface area (Å²) in [5.74, 6) is 0.812. The van der Waals surface area contributed by atoms with Crippen LogP contribution in [-0.2, 0) is 0 Å². The van der Waals surface area contributed by atoms with Crippen molar-refractivity contribution in [3.05, 3.63) is 58.9 Å². The van der Waals surface area contributed by atoms with E-state index in [1.807, 2.05) is 47.5 Å². The highest BCUT2D eigenvalue weighted by atomic mass is 32.1. The van der Waals surface area contributed by atoms with Crippen LogP contribution >= 0.6 is 11.3 Å². The largest absolute Gasteiger partial charge is 0.361 e. The Balaban J connectivity index is 1.62. The Hall–Kier alpha value is -2.47. The molecule has 0 aliphatic carbocycles. The first-order valence-corrected chi connectivity index (χ1v) is 8.84. The van der Waals surface area contributed by atoms with E-state index in [0.29, 0.717) is 5.56 Å². The number of hydrogen-bond donors (Lipinski definition) is 0. The molecule has 0 bridgehead atoms. The first-order valence-electron chi connectivity index (χ1n) is 7.96. The molecule has 6 heteroatoms. The molecule has 1 atom stereocenters. The molecule has 1 saturated heterocycles. The topological polar surface area (TPSA) is 59.2 Å². The van der Waals surface area contributed by atoms with Gasteiger partial charge in [0, 0.05) is 35.3 Å². The summed E-state index contributed by atoms with van der Waals surface area (Å²) in [6.45, 7) is 2.62. The van der Waals surface area contributed by atoms with Crippen molar-refractivity contribution in [2.45, 2.75) is 25.8 Å². The molecule has 0 N–H and O–H groups in total. The van der Waals surface area contributed by atoms with E-state index in [4.69, 9.17) is 4.52 Å². The van der Waals surface area contributed by atoms with Crippen LogP contribution in [0.2, 0.25) is 0 Å². The second-order valence-corrected chi connectivity index (χ2v) is 6.83. The number of amides is 1. The van der Waals surface area contributed by atoms with Gasteiger partial charge in [0.25, 0.3) is 5.91 Å². The second kappa shape index (κ2) is 6.20. The Bertz CT molecular complexity index is 857. The van der Waals surface area contributed by atoms with Crippen LogP contribution in [0.25, 0.3) is 10.6 Å². The molecule has 3 aromatic rings. The highest BCUT2D eigenvalue weighted by Crippen LogP contribution is 2.33. The first-order chi connectivity index (χ1) is 11.7. The molecule has 24 heavy (non-hydrogen) atoms. The zero-order valence-corrected chi connectivity index (χ0v) is 14.1. The Kier molecular flexibility index (Phi) is 3.90. The molecule has 0 spiro atoms. The fraction of sp³-hybridized carbons (Fsp3) is 0.278. The van der Waals surface area contributed by atoms with E-state index in [1.54, 1.807) is 17.5 Å². The van der Waals surface area contributed by atoms with E-state index in [-0.39, 0.29) is 11.9 Å². The van der Waals surface area contributed by atoms with Gasteiger partial charge in [-0.1, -0.05) is 17.3 Å². The average molecular weight is 339 g/mol. The maximum Gasteiger partial charge on any atom is 0.254 e.